The van der Waals surface area contributed by atoms with Crippen molar-refractivity contribution in [3.05, 3.63) is 40.4 Å². The van der Waals surface area contributed by atoms with E-state index in [-0.39, 0.29) is 17.3 Å². The van der Waals surface area contributed by atoms with E-state index in [9.17, 15) is 10.1 Å². The van der Waals surface area contributed by atoms with Crippen LogP contribution in [0.4, 0.5) is 29.0 Å². The van der Waals surface area contributed by atoms with Gasteiger partial charge in [0.2, 0.25) is 17.6 Å². The van der Waals surface area contributed by atoms with Crippen molar-refractivity contribution in [2.45, 2.75) is 13.8 Å². The fourth-order valence-corrected chi connectivity index (χ4v) is 2.03. The fraction of sp³-hybridized carbons (Fsp3) is 0.286. The van der Waals surface area contributed by atoms with E-state index in [1.807, 2.05) is 36.9 Å². The lowest BCUT2D eigenvalue weighted by atomic mass is 10.3. The third kappa shape index (κ3) is 3.22. The summed E-state index contributed by atoms with van der Waals surface area (Å²) in [5, 5.41) is 14.2. The van der Waals surface area contributed by atoms with Crippen LogP contribution in [0, 0.1) is 10.1 Å². The van der Waals surface area contributed by atoms with Crippen molar-refractivity contribution in [1.29, 1.82) is 0 Å². The highest BCUT2D eigenvalue weighted by Gasteiger charge is 2.24. The number of para-hydroxylation sites is 1. The van der Waals surface area contributed by atoms with Gasteiger partial charge in [-0.1, -0.05) is 18.2 Å². The first-order valence-corrected chi connectivity index (χ1v) is 6.95. The second-order valence-corrected chi connectivity index (χ2v) is 4.53. The van der Waals surface area contributed by atoms with Crippen LogP contribution in [-0.2, 0) is 0 Å². The largest absolute Gasteiger partial charge is 0.378 e. The van der Waals surface area contributed by atoms with Crippen molar-refractivity contribution in [3.63, 3.8) is 0 Å². The average molecular weight is 302 g/mol. The second-order valence-electron chi connectivity index (χ2n) is 4.53. The average Bonchev–Trinajstić information content (AvgIpc) is 2.48. The first kappa shape index (κ1) is 15.5. The molecule has 0 saturated carbocycles. The van der Waals surface area contributed by atoms with Crippen LogP contribution in [0.5, 0.6) is 0 Å². The predicted octanol–water partition coefficient (Wildman–Crippen LogP) is 2.56. The van der Waals surface area contributed by atoms with E-state index in [1.165, 1.54) is 0 Å². The highest BCUT2D eigenvalue weighted by molar-refractivity contribution is 5.74. The van der Waals surface area contributed by atoms with Crippen LogP contribution in [0.3, 0.4) is 0 Å². The van der Waals surface area contributed by atoms with E-state index in [0.717, 1.165) is 0 Å². The molecule has 0 saturated heterocycles. The quantitative estimate of drug-likeness (QED) is 0.623. The molecule has 0 radical (unpaired) electrons. The number of rotatable bonds is 6. The summed E-state index contributed by atoms with van der Waals surface area (Å²) < 4.78 is 0. The normalized spacial score (nSPS) is 10.3. The third-order valence-electron chi connectivity index (χ3n) is 3.16. The minimum atomic E-state index is -0.577. The van der Waals surface area contributed by atoms with Gasteiger partial charge >= 0.3 is 5.69 Å². The number of hydrogen-bond donors (Lipinski definition) is 2. The highest BCUT2D eigenvalue weighted by atomic mass is 16.6. The topological polar surface area (TPSA) is 110 Å². The van der Waals surface area contributed by atoms with E-state index in [0.29, 0.717) is 24.7 Å². The number of nitrogens with zero attached hydrogens (tertiary/aromatic N) is 4. The van der Waals surface area contributed by atoms with E-state index >= 15 is 0 Å². The zero-order chi connectivity index (χ0) is 16.1. The van der Waals surface area contributed by atoms with Crippen LogP contribution in [0.15, 0.2) is 30.3 Å². The van der Waals surface area contributed by atoms with Crippen molar-refractivity contribution >= 4 is 29.0 Å². The molecule has 8 nitrogen and oxygen atoms in total. The van der Waals surface area contributed by atoms with E-state index in [1.54, 1.807) is 12.1 Å². The Morgan fingerprint density at radius 2 is 1.86 bits per heavy atom. The highest BCUT2D eigenvalue weighted by Crippen LogP contribution is 2.32. The monoisotopic (exact) mass is 302 g/mol. The van der Waals surface area contributed by atoms with Crippen molar-refractivity contribution in [2.75, 3.05) is 29.0 Å². The first-order chi connectivity index (χ1) is 10.6. The molecule has 2 aromatic rings. The van der Waals surface area contributed by atoms with Crippen LogP contribution < -0.4 is 16.0 Å². The van der Waals surface area contributed by atoms with Crippen molar-refractivity contribution < 1.29 is 4.92 Å². The molecule has 116 valence electrons. The Balaban J connectivity index is 2.50. The molecule has 0 amide bonds. The van der Waals surface area contributed by atoms with Gasteiger partial charge in [-0.2, -0.15) is 9.97 Å². The predicted molar refractivity (Wildman–Crippen MR) is 86.4 cm³/mol. The van der Waals surface area contributed by atoms with Gasteiger partial charge in [0, 0.05) is 18.8 Å². The minimum Gasteiger partial charge on any atom is -0.378 e. The zero-order valence-corrected chi connectivity index (χ0v) is 12.5. The molecule has 0 spiro atoms. The lowest BCUT2D eigenvalue weighted by Gasteiger charge is -2.19. The maximum Gasteiger partial charge on any atom is 0.353 e. The number of benzene rings is 1. The van der Waals surface area contributed by atoms with Crippen LogP contribution in [0.25, 0.3) is 0 Å². The Hall–Kier alpha value is -2.90. The van der Waals surface area contributed by atoms with Gasteiger partial charge < -0.3 is 16.0 Å². The molecule has 3 N–H and O–H groups in total. The van der Waals surface area contributed by atoms with E-state index in [4.69, 9.17) is 5.73 Å². The standard InChI is InChI=1S/C14H18N6O2/c1-3-19(4-2)14-17-12(15)11(20(21)22)13(18-14)16-10-8-6-5-7-9-10/h5-9H,3-4H2,1-2H3,(H3,15,16,17,18). The van der Waals surface area contributed by atoms with Crippen molar-refractivity contribution in [2.24, 2.45) is 0 Å². The summed E-state index contributed by atoms with van der Waals surface area (Å²) in [6, 6.07) is 9.08. The summed E-state index contributed by atoms with van der Waals surface area (Å²) in [4.78, 5) is 20.9. The van der Waals surface area contributed by atoms with Gasteiger partial charge in [-0.25, -0.2) is 0 Å². The summed E-state index contributed by atoms with van der Waals surface area (Å²) in [7, 11) is 0. The molecule has 22 heavy (non-hydrogen) atoms. The van der Waals surface area contributed by atoms with E-state index < -0.39 is 4.92 Å². The first-order valence-electron chi connectivity index (χ1n) is 6.95. The third-order valence-corrected chi connectivity index (χ3v) is 3.16. The molecule has 0 unspecified atom stereocenters. The number of anilines is 4. The molecule has 0 aliphatic carbocycles. The van der Waals surface area contributed by atoms with Gasteiger partial charge in [0.15, 0.2) is 0 Å². The summed E-state index contributed by atoms with van der Waals surface area (Å²) in [5.41, 5.74) is 6.13. The fourth-order valence-electron chi connectivity index (χ4n) is 2.03. The van der Waals surface area contributed by atoms with Crippen LogP contribution in [0.1, 0.15) is 13.8 Å². The molecule has 1 aromatic carbocycles. The SMILES string of the molecule is CCN(CC)c1nc(N)c([N+](=O)[O-])c(Nc2ccccc2)n1. The number of hydrogen-bond acceptors (Lipinski definition) is 7. The second kappa shape index (κ2) is 6.70. The minimum absolute atomic E-state index is 0.0885. The maximum absolute atomic E-state index is 11.2. The van der Waals surface area contributed by atoms with Gasteiger partial charge in [-0.3, -0.25) is 10.1 Å². The molecule has 8 heteroatoms. The molecule has 0 aliphatic heterocycles. The number of aromatic nitrogens is 2. The molecule has 0 aliphatic rings. The van der Waals surface area contributed by atoms with Crippen LogP contribution in [0.2, 0.25) is 0 Å². The molecule has 0 bridgehead atoms. The van der Waals surface area contributed by atoms with Crippen LogP contribution in [-0.4, -0.2) is 28.0 Å². The van der Waals surface area contributed by atoms with Crippen molar-refractivity contribution in [3.8, 4) is 0 Å². The van der Waals surface area contributed by atoms with E-state index in [2.05, 4.69) is 15.3 Å². The molecule has 0 atom stereocenters. The van der Waals surface area contributed by atoms with Crippen LogP contribution >= 0.6 is 0 Å². The summed E-state index contributed by atoms with van der Waals surface area (Å²) in [6.07, 6.45) is 0. The van der Waals surface area contributed by atoms with Gasteiger partial charge in [0.05, 0.1) is 4.92 Å². The molecular weight excluding hydrogens is 284 g/mol. The Morgan fingerprint density at radius 3 is 2.41 bits per heavy atom. The summed E-state index contributed by atoms with van der Waals surface area (Å²) in [5.74, 6) is 0.303. The Bertz CT molecular complexity index is 658. The molecule has 1 heterocycles. The maximum atomic E-state index is 11.2. The van der Waals surface area contributed by atoms with Gasteiger partial charge in [0.1, 0.15) is 0 Å². The zero-order valence-electron chi connectivity index (χ0n) is 12.5. The van der Waals surface area contributed by atoms with Gasteiger partial charge in [-0.05, 0) is 26.0 Å². The number of nitrogens with two attached hydrogens (primary N) is 1. The molecule has 2 rings (SSSR count). The Labute approximate surface area is 128 Å². The summed E-state index contributed by atoms with van der Waals surface area (Å²) >= 11 is 0. The number of nitro groups is 1. The lowest BCUT2D eigenvalue weighted by molar-refractivity contribution is -0.383. The number of nitrogens with one attached hydrogen (secondary N) is 1. The molecule has 1 aromatic heterocycles. The number of nitrogen functional groups attached to an aromatic ring is 1. The Morgan fingerprint density at radius 1 is 1.23 bits per heavy atom. The summed E-state index contributed by atoms with van der Waals surface area (Å²) in [6.45, 7) is 5.26. The van der Waals surface area contributed by atoms with Crippen molar-refractivity contribution in [1.82, 2.24) is 9.97 Å². The Kier molecular flexibility index (Phi) is 4.72. The molecule has 0 fully saturated rings. The van der Waals surface area contributed by atoms with Gasteiger partial charge in [-0.15, -0.1) is 0 Å². The lowest BCUT2D eigenvalue weighted by Crippen LogP contribution is -2.25. The van der Waals surface area contributed by atoms with Gasteiger partial charge in [0.25, 0.3) is 0 Å². The molecular formula is C14H18N6O2. The smallest absolute Gasteiger partial charge is 0.353 e.